The number of carbonyl (C=O) groups excluding carboxylic acids is 2. The lowest BCUT2D eigenvalue weighted by Crippen LogP contribution is -2.51. The molecule has 0 saturated carbocycles. The summed E-state index contributed by atoms with van der Waals surface area (Å²) in [6, 6.07) is 14.1. The molecule has 0 atom stereocenters. The maximum absolute atomic E-state index is 13.7. The molecule has 1 saturated heterocycles. The molecular weight excluding hydrogens is 345 g/mol. The van der Waals surface area contributed by atoms with Gasteiger partial charge in [0.15, 0.2) is 0 Å². The highest BCUT2D eigenvalue weighted by Gasteiger charge is 2.24. The maximum Gasteiger partial charge on any atom is 0.254 e. The standard InChI is InChI=1S/C21H24FN3O2/c1-16-8-9-17(14-19(16)22)21(27)25-12-10-24(11-13-25)15-20(26)23(2)18-6-4-3-5-7-18/h3-9,14H,10-13,15H2,1-2H3. The van der Waals surface area contributed by atoms with E-state index in [0.29, 0.717) is 43.9 Å². The van der Waals surface area contributed by atoms with Gasteiger partial charge in [0.2, 0.25) is 5.91 Å². The summed E-state index contributed by atoms with van der Waals surface area (Å²) in [6.45, 7) is 4.27. The van der Waals surface area contributed by atoms with Gasteiger partial charge < -0.3 is 9.80 Å². The predicted octanol–water partition coefficient (Wildman–Crippen LogP) is 2.55. The number of aryl methyl sites for hydroxylation is 1. The molecule has 1 aliphatic rings. The highest BCUT2D eigenvalue weighted by atomic mass is 19.1. The molecule has 2 aromatic carbocycles. The Balaban J connectivity index is 1.53. The Morgan fingerprint density at radius 3 is 2.33 bits per heavy atom. The Hall–Kier alpha value is -2.73. The summed E-state index contributed by atoms with van der Waals surface area (Å²) in [5, 5.41) is 0. The number of piperazine rings is 1. The molecule has 142 valence electrons. The van der Waals surface area contributed by atoms with Crippen LogP contribution in [0.25, 0.3) is 0 Å². The van der Waals surface area contributed by atoms with E-state index in [1.807, 2.05) is 35.2 Å². The van der Waals surface area contributed by atoms with E-state index in [-0.39, 0.29) is 17.6 Å². The fourth-order valence-electron chi connectivity index (χ4n) is 3.11. The molecule has 0 radical (unpaired) electrons. The zero-order chi connectivity index (χ0) is 19.4. The van der Waals surface area contributed by atoms with Crippen LogP contribution >= 0.6 is 0 Å². The van der Waals surface area contributed by atoms with Crippen molar-refractivity contribution in [3.05, 3.63) is 65.5 Å². The van der Waals surface area contributed by atoms with Crippen LogP contribution in [0.2, 0.25) is 0 Å². The van der Waals surface area contributed by atoms with E-state index in [1.54, 1.807) is 35.9 Å². The molecule has 0 unspecified atom stereocenters. The molecule has 0 aliphatic carbocycles. The summed E-state index contributed by atoms with van der Waals surface area (Å²) in [7, 11) is 1.77. The molecule has 2 amide bonds. The van der Waals surface area contributed by atoms with E-state index < -0.39 is 0 Å². The van der Waals surface area contributed by atoms with E-state index in [0.717, 1.165) is 5.69 Å². The highest BCUT2D eigenvalue weighted by molar-refractivity contribution is 5.95. The van der Waals surface area contributed by atoms with E-state index in [2.05, 4.69) is 0 Å². The fourth-order valence-corrected chi connectivity index (χ4v) is 3.11. The van der Waals surface area contributed by atoms with Crippen molar-refractivity contribution in [1.29, 1.82) is 0 Å². The second kappa shape index (κ2) is 8.31. The average Bonchev–Trinajstić information content (AvgIpc) is 2.70. The second-order valence-electron chi connectivity index (χ2n) is 6.82. The molecule has 0 bridgehead atoms. The number of para-hydroxylation sites is 1. The second-order valence-corrected chi connectivity index (χ2v) is 6.82. The van der Waals surface area contributed by atoms with E-state index in [1.165, 1.54) is 6.07 Å². The smallest absolute Gasteiger partial charge is 0.254 e. The number of hydrogen-bond donors (Lipinski definition) is 0. The number of amides is 2. The zero-order valence-corrected chi connectivity index (χ0v) is 15.7. The van der Waals surface area contributed by atoms with Crippen LogP contribution in [0.3, 0.4) is 0 Å². The Kier molecular flexibility index (Phi) is 5.86. The Labute approximate surface area is 159 Å². The van der Waals surface area contributed by atoms with Crippen molar-refractivity contribution in [2.24, 2.45) is 0 Å². The first-order valence-electron chi connectivity index (χ1n) is 9.05. The van der Waals surface area contributed by atoms with Gasteiger partial charge in [-0.25, -0.2) is 4.39 Å². The number of halogens is 1. The molecule has 0 aromatic heterocycles. The molecule has 1 heterocycles. The van der Waals surface area contributed by atoms with Crippen molar-refractivity contribution < 1.29 is 14.0 Å². The first-order chi connectivity index (χ1) is 13.0. The molecule has 0 spiro atoms. The van der Waals surface area contributed by atoms with Gasteiger partial charge in [-0.05, 0) is 36.8 Å². The topological polar surface area (TPSA) is 43.9 Å². The normalized spacial score (nSPS) is 14.9. The van der Waals surface area contributed by atoms with E-state index in [4.69, 9.17) is 0 Å². The highest BCUT2D eigenvalue weighted by Crippen LogP contribution is 2.14. The van der Waals surface area contributed by atoms with Crippen molar-refractivity contribution in [2.45, 2.75) is 6.92 Å². The van der Waals surface area contributed by atoms with Crippen molar-refractivity contribution in [3.8, 4) is 0 Å². The van der Waals surface area contributed by atoms with Gasteiger partial charge in [0.1, 0.15) is 5.82 Å². The molecule has 27 heavy (non-hydrogen) atoms. The summed E-state index contributed by atoms with van der Waals surface area (Å²) in [4.78, 5) is 30.4. The van der Waals surface area contributed by atoms with Crippen LogP contribution in [0, 0.1) is 12.7 Å². The molecule has 3 rings (SSSR count). The van der Waals surface area contributed by atoms with Gasteiger partial charge in [0.25, 0.3) is 5.91 Å². The number of benzene rings is 2. The third kappa shape index (κ3) is 4.52. The predicted molar refractivity (Wildman–Crippen MR) is 103 cm³/mol. The first kappa shape index (κ1) is 19.0. The van der Waals surface area contributed by atoms with Crippen LogP contribution in [-0.4, -0.2) is 61.4 Å². The van der Waals surface area contributed by atoms with Crippen molar-refractivity contribution in [3.63, 3.8) is 0 Å². The molecule has 5 nitrogen and oxygen atoms in total. The van der Waals surface area contributed by atoms with Crippen molar-refractivity contribution in [2.75, 3.05) is 44.7 Å². The van der Waals surface area contributed by atoms with Gasteiger partial charge in [-0.15, -0.1) is 0 Å². The monoisotopic (exact) mass is 369 g/mol. The Bertz CT molecular complexity index is 817. The third-order valence-electron chi connectivity index (χ3n) is 4.95. The Morgan fingerprint density at radius 2 is 1.70 bits per heavy atom. The lowest BCUT2D eigenvalue weighted by molar-refractivity contribution is -0.119. The lowest BCUT2D eigenvalue weighted by atomic mass is 10.1. The van der Waals surface area contributed by atoms with Crippen molar-refractivity contribution >= 4 is 17.5 Å². The minimum absolute atomic E-state index is 0.0154. The SMILES string of the molecule is Cc1ccc(C(=O)N2CCN(CC(=O)N(C)c3ccccc3)CC2)cc1F. The van der Waals surface area contributed by atoms with E-state index >= 15 is 0 Å². The van der Waals surface area contributed by atoms with E-state index in [9.17, 15) is 14.0 Å². The number of likely N-dealkylation sites (N-methyl/N-ethyl adjacent to an activating group) is 1. The van der Waals surface area contributed by atoms with Gasteiger partial charge >= 0.3 is 0 Å². The molecule has 1 aliphatic heterocycles. The first-order valence-corrected chi connectivity index (χ1v) is 9.05. The Morgan fingerprint density at radius 1 is 1.04 bits per heavy atom. The summed E-state index contributed by atoms with van der Waals surface area (Å²) in [5.74, 6) is -0.517. The zero-order valence-electron chi connectivity index (χ0n) is 15.7. The third-order valence-corrected chi connectivity index (χ3v) is 4.95. The minimum atomic E-state index is -0.367. The molecule has 0 N–H and O–H groups in total. The van der Waals surface area contributed by atoms with Crippen LogP contribution in [-0.2, 0) is 4.79 Å². The summed E-state index contributed by atoms with van der Waals surface area (Å²) in [5.41, 5.74) is 1.75. The molecule has 6 heteroatoms. The van der Waals surface area contributed by atoms with Gasteiger partial charge in [0, 0.05) is 44.5 Å². The van der Waals surface area contributed by atoms with Crippen molar-refractivity contribution in [1.82, 2.24) is 9.80 Å². The minimum Gasteiger partial charge on any atom is -0.336 e. The summed E-state index contributed by atoms with van der Waals surface area (Å²) >= 11 is 0. The molecular formula is C21H24FN3O2. The fraction of sp³-hybridized carbons (Fsp3) is 0.333. The number of rotatable bonds is 4. The maximum atomic E-state index is 13.7. The quantitative estimate of drug-likeness (QED) is 0.832. The lowest BCUT2D eigenvalue weighted by Gasteiger charge is -2.35. The average molecular weight is 369 g/mol. The molecule has 1 fully saturated rings. The summed E-state index contributed by atoms with van der Waals surface area (Å²) in [6.07, 6.45) is 0. The van der Waals surface area contributed by atoms with Crippen LogP contribution < -0.4 is 4.90 Å². The van der Waals surface area contributed by atoms with Gasteiger partial charge in [0.05, 0.1) is 6.54 Å². The van der Waals surface area contributed by atoms with Crippen LogP contribution in [0.15, 0.2) is 48.5 Å². The van der Waals surface area contributed by atoms with Gasteiger partial charge in [-0.3, -0.25) is 14.5 Å². The van der Waals surface area contributed by atoms with Gasteiger partial charge in [-0.1, -0.05) is 24.3 Å². The molecule has 2 aromatic rings. The number of carbonyl (C=O) groups is 2. The van der Waals surface area contributed by atoms with Crippen LogP contribution in [0.4, 0.5) is 10.1 Å². The van der Waals surface area contributed by atoms with Crippen LogP contribution in [0.1, 0.15) is 15.9 Å². The number of nitrogens with zero attached hydrogens (tertiary/aromatic N) is 3. The summed E-state index contributed by atoms with van der Waals surface area (Å²) < 4.78 is 13.7. The van der Waals surface area contributed by atoms with Crippen LogP contribution in [0.5, 0.6) is 0 Å². The van der Waals surface area contributed by atoms with Gasteiger partial charge in [-0.2, -0.15) is 0 Å². The number of anilines is 1. The largest absolute Gasteiger partial charge is 0.336 e. The number of hydrogen-bond acceptors (Lipinski definition) is 3.